The van der Waals surface area contributed by atoms with E-state index in [2.05, 4.69) is 0 Å². The van der Waals surface area contributed by atoms with Gasteiger partial charge in [-0.05, 0) is 25.0 Å². The van der Waals surface area contributed by atoms with Crippen LogP contribution in [0.3, 0.4) is 0 Å². The molecule has 172 valence electrons. The normalized spacial score (nSPS) is 28.8. The van der Waals surface area contributed by atoms with E-state index in [1.54, 1.807) is 48.6 Å². The summed E-state index contributed by atoms with van der Waals surface area (Å²) in [6, 6.07) is 14.0. The van der Waals surface area contributed by atoms with Gasteiger partial charge in [-0.25, -0.2) is 0 Å². The Morgan fingerprint density at radius 2 is 0.800 bits per heavy atom. The molecular formula is C24H18N8O3. The number of nitriles is 8. The molecule has 0 spiro atoms. The van der Waals surface area contributed by atoms with Crippen molar-refractivity contribution in [2.75, 3.05) is 14.2 Å². The van der Waals surface area contributed by atoms with Gasteiger partial charge in [0, 0.05) is 14.2 Å². The first-order valence-corrected chi connectivity index (χ1v) is 10.0. The lowest BCUT2D eigenvalue weighted by molar-refractivity contribution is -0.114. The van der Waals surface area contributed by atoms with Gasteiger partial charge in [-0.15, -0.1) is 0 Å². The highest BCUT2D eigenvalue weighted by molar-refractivity contribution is 5.49. The zero-order valence-corrected chi connectivity index (χ0v) is 19.3. The van der Waals surface area contributed by atoms with Crippen LogP contribution in [0.25, 0.3) is 0 Å². The fraction of sp³-hybridized carbons (Fsp3) is 0.500. The number of ether oxygens (including phenoxy) is 3. The second-order valence-electron chi connectivity index (χ2n) is 8.16. The topological polar surface area (TPSA) is 218 Å². The number of hydrogen-bond donors (Lipinski definition) is 0. The van der Waals surface area contributed by atoms with Crippen LogP contribution in [0.1, 0.15) is 13.8 Å². The molecule has 0 aromatic carbocycles. The molecule has 0 heterocycles. The van der Waals surface area contributed by atoms with Gasteiger partial charge in [0.15, 0.2) is 0 Å². The number of hydrogen-bond acceptors (Lipinski definition) is 11. The van der Waals surface area contributed by atoms with Crippen LogP contribution in [-0.4, -0.2) is 38.6 Å². The Balaban J connectivity index is 2.93. The van der Waals surface area contributed by atoms with Crippen molar-refractivity contribution in [3.05, 3.63) is 23.3 Å². The van der Waals surface area contributed by atoms with Gasteiger partial charge in [-0.1, -0.05) is 12.2 Å². The summed E-state index contributed by atoms with van der Waals surface area (Å²) >= 11 is 0. The summed E-state index contributed by atoms with van der Waals surface area (Å²) in [4.78, 5) is 0. The van der Waals surface area contributed by atoms with Gasteiger partial charge in [-0.3, -0.25) is 0 Å². The molecule has 11 nitrogen and oxygen atoms in total. The molecule has 0 radical (unpaired) electrons. The van der Waals surface area contributed by atoms with Crippen molar-refractivity contribution in [2.45, 2.75) is 38.3 Å². The van der Waals surface area contributed by atoms with E-state index in [0.717, 1.165) is 0 Å². The van der Waals surface area contributed by atoms with Crippen molar-refractivity contribution < 1.29 is 14.2 Å². The summed E-state index contributed by atoms with van der Waals surface area (Å²) in [6.07, 6.45) is -3.05. The first kappa shape index (κ1) is 26.5. The molecule has 0 aromatic rings. The molecule has 0 fully saturated rings. The van der Waals surface area contributed by atoms with Crippen molar-refractivity contribution in [1.82, 2.24) is 0 Å². The molecular weight excluding hydrogens is 448 g/mol. The van der Waals surface area contributed by atoms with E-state index in [1.165, 1.54) is 40.2 Å². The Morgan fingerprint density at radius 3 is 1.00 bits per heavy atom. The Bertz CT molecular complexity index is 1160. The predicted octanol–water partition coefficient (Wildman–Crippen LogP) is 1.82. The Labute approximate surface area is 202 Å². The van der Waals surface area contributed by atoms with Gasteiger partial charge in [0.1, 0.15) is 24.4 Å². The van der Waals surface area contributed by atoms with Crippen LogP contribution < -0.4 is 0 Å². The summed E-state index contributed by atoms with van der Waals surface area (Å²) in [6.45, 7) is 2.95. The third-order valence-electron chi connectivity index (χ3n) is 6.73. The monoisotopic (exact) mass is 466 g/mol. The molecule has 11 heteroatoms. The lowest BCUT2D eigenvalue weighted by Gasteiger charge is -2.49. The maximum Gasteiger partial charge on any atom is 0.207 e. The second-order valence-corrected chi connectivity index (χ2v) is 8.16. The lowest BCUT2D eigenvalue weighted by Crippen LogP contribution is -2.62. The van der Waals surface area contributed by atoms with Crippen LogP contribution in [0, 0.1) is 112 Å². The van der Waals surface area contributed by atoms with Crippen LogP contribution in [-0.2, 0) is 14.2 Å². The van der Waals surface area contributed by atoms with Gasteiger partial charge in [0.25, 0.3) is 0 Å². The largest absolute Gasteiger partial charge is 0.374 e. The van der Waals surface area contributed by atoms with E-state index in [0.29, 0.717) is 0 Å². The smallest absolute Gasteiger partial charge is 0.207 e. The van der Waals surface area contributed by atoms with E-state index in [9.17, 15) is 42.1 Å². The fourth-order valence-electron chi connectivity index (χ4n) is 4.79. The van der Waals surface area contributed by atoms with Crippen molar-refractivity contribution in [3.63, 3.8) is 0 Å². The number of rotatable bonds is 4. The molecule has 2 rings (SSSR count). The molecule has 0 unspecified atom stereocenters. The van der Waals surface area contributed by atoms with E-state index < -0.39 is 46.1 Å². The van der Waals surface area contributed by atoms with Crippen LogP contribution in [0.2, 0.25) is 0 Å². The molecule has 2 aliphatic rings. The number of methoxy groups -OCH3 is 2. The van der Waals surface area contributed by atoms with Gasteiger partial charge in [0.2, 0.25) is 21.7 Å². The standard InChI is InChI=1S/C24H18N8O3/c1-15-5-17(33-3)21(7-25,8-26)23(11-29,12-30)19(15)35-20-16(2)6-18(34-4)22(9-27,10-28)24(20,13-31)14-32/h5-6,17-20H,1-4H3/t17-,18-,19-,20-/m0/s1. The van der Waals surface area contributed by atoms with Crippen LogP contribution in [0.15, 0.2) is 23.3 Å². The molecule has 0 aromatic heterocycles. The maximum absolute atomic E-state index is 10.1. The molecule has 4 atom stereocenters. The van der Waals surface area contributed by atoms with Gasteiger partial charge in [0.05, 0.1) is 48.6 Å². The van der Waals surface area contributed by atoms with Crippen molar-refractivity contribution in [3.8, 4) is 48.6 Å². The predicted molar refractivity (Wildman–Crippen MR) is 112 cm³/mol. The minimum Gasteiger partial charge on any atom is -0.374 e. The van der Waals surface area contributed by atoms with Gasteiger partial charge < -0.3 is 14.2 Å². The van der Waals surface area contributed by atoms with Crippen molar-refractivity contribution >= 4 is 0 Å². The van der Waals surface area contributed by atoms with Crippen molar-refractivity contribution in [1.29, 1.82) is 42.1 Å². The SMILES string of the molecule is CO[C@H]1C=C(C)[C@H](O[C@H]2C(C)=C[C@H](OC)C(C#N)(C#N)C2(C#N)C#N)C(C#N)(C#N)C1(C#N)C#N. The van der Waals surface area contributed by atoms with Crippen molar-refractivity contribution in [2.24, 2.45) is 21.7 Å². The van der Waals surface area contributed by atoms with E-state index >= 15 is 0 Å². The molecule has 0 amide bonds. The van der Waals surface area contributed by atoms with Gasteiger partial charge in [-0.2, -0.15) is 42.1 Å². The Hall–Kier alpha value is -4.72. The summed E-state index contributed by atoms with van der Waals surface area (Å²) in [5.41, 5.74) is -9.19. The molecule has 2 aliphatic carbocycles. The molecule has 0 saturated carbocycles. The zero-order valence-electron chi connectivity index (χ0n) is 19.3. The molecule has 0 saturated heterocycles. The minimum absolute atomic E-state index is 0.215. The van der Waals surface area contributed by atoms with Crippen LogP contribution in [0.4, 0.5) is 0 Å². The summed E-state index contributed by atoms with van der Waals surface area (Å²) in [5.74, 6) is 0. The van der Waals surface area contributed by atoms with E-state index in [4.69, 9.17) is 14.2 Å². The Kier molecular flexibility index (Phi) is 7.02. The second kappa shape index (κ2) is 9.26. The lowest BCUT2D eigenvalue weighted by atomic mass is 9.54. The van der Waals surface area contributed by atoms with E-state index in [1.807, 2.05) is 0 Å². The first-order valence-electron chi connectivity index (χ1n) is 10.0. The zero-order chi connectivity index (χ0) is 26.7. The number of nitrogens with zero attached hydrogens (tertiary/aromatic N) is 8. The highest BCUT2D eigenvalue weighted by Gasteiger charge is 2.70. The summed E-state index contributed by atoms with van der Waals surface area (Å²) < 4.78 is 16.6. The molecule has 0 aliphatic heterocycles. The van der Waals surface area contributed by atoms with Crippen LogP contribution in [0.5, 0.6) is 0 Å². The molecule has 0 bridgehead atoms. The maximum atomic E-state index is 10.1. The average Bonchev–Trinajstić information content (AvgIpc) is 2.89. The van der Waals surface area contributed by atoms with Crippen LogP contribution >= 0.6 is 0 Å². The Morgan fingerprint density at radius 1 is 0.543 bits per heavy atom. The third-order valence-corrected chi connectivity index (χ3v) is 6.73. The van der Waals surface area contributed by atoms with Gasteiger partial charge >= 0.3 is 0 Å². The quantitative estimate of drug-likeness (QED) is 0.544. The first-order chi connectivity index (χ1) is 16.6. The average molecular weight is 466 g/mol. The van der Waals surface area contributed by atoms with E-state index in [-0.39, 0.29) is 11.1 Å². The fourth-order valence-corrected chi connectivity index (χ4v) is 4.79. The summed E-state index contributed by atoms with van der Waals surface area (Å²) in [5, 5.41) is 80.5. The minimum atomic E-state index is -2.47. The third kappa shape index (κ3) is 3.00. The highest BCUT2D eigenvalue weighted by atomic mass is 16.5. The highest BCUT2D eigenvalue weighted by Crippen LogP contribution is 2.56. The summed E-state index contributed by atoms with van der Waals surface area (Å²) in [7, 11) is 2.42. The molecule has 35 heavy (non-hydrogen) atoms. The molecule has 0 N–H and O–H groups in total.